The van der Waals surface area contributed by atoms with E-state index >= 15 is 0 Å². The molecule has 0 saturated carbocycles. The SMILES string of the molecule is NC(=S)c1ccccc1OCCCN1CCCC1CO. The molecular weight excluding hydrogens is 272 g/mol. The molecule has 1 aromatic carbocycles. The molecule has 1 atom stereocenters. The maximum atomic E-state index is 9.27. The molecule has 0 spiro atoms. The molecule has 1 aliphatic rings. The molecule has 1 aromatic rings. The predicted molar refractivity (Wildman–Crippen MR) is 84.1 cm³/mol. The number of para-hydroxylation sites is 1. The van der Waals surface area contributed by atoms with Gasteiger partial charge in [0.25, 0.3) is 0 Å². The number of hydrogen-bond donors (Lipinski definition) is 2. The summed E-state index contributed by atoms with van der Waals surface area (Å²) in [6, 6.07) is 7.91. The van der Waals surface area contributed by atoms with Gasteiger partial charge in [0, 0.05) is 12.6 Å². The van der Waals surface area contributed by atoms with Gasteiger partial charge in [0.15, 0.2) is 0 Å². The van der Waals surface area contributed by atoms with Crippen molar-refractivity contribution in [2.75, 3.05) is 26.3 Å². The zero-order valence-corrected chi connectivity index (χ0v) is 12.4. The minimum absolute atomic E-state index is 0.255. The van der Waals surface area contributed by atoms with Crippen LogP contribution in [0.1, 0.15) is 24.8 Å². The van der Waals surface area contributed by atoms with Crippen LogP contribution < -0.4 is 10.5 Å². The molecule has 1 unspecified atom stereocenters. The van der Waals surface area contributed by atoms with Crippen molar-refractivity contribution in [1.82, 2.24) is 4.90 Å². The third-order valence-electron chi connectivity index (χ3n) is 3.71. The molecule has 4 nitrogen and oxygen atoms in total. The van der Waals surface area contributed by atoms with E-state index in [9.17, 15) is 5.11 Å². The molecule has 2 rings (SSSR count). The average molecular weight is 294 g/mol. The number of aliphatic hydroxyl groups excluding tert-OH is 1. The maximum absolute atomic E-state index is 9.27. The number of thiocarbonyl (C=S) groups is 1. The van der Waals surface area contributed by atoms with E-state index in [1.54, 1.807) is 0 Å². The Morgan fingerprint density at radius 2 is 2.25 bits per heavy atom. The number of nitrogens with two attached hydrogens (primary N) is 1. The van der Waals surface area contributed by atoms with Crippen molar-refractivity contribution in [2.24, 2.45) is 5.73 Å². The van der Waals surface area contributed by atoms with E-state index in [0.717, 1.165) is 37.2 Å². The summed E-state index contributed by atoms with van der Waals surface area (Å²) in [5, 5.41) is 9.27. The number of ether oxygens (including phenoxy) is 1. The van der Waals surface area contributed by atoms with Gasteiger partial charge in [-0.3, -0.25) is 4.90 Å². The molecule has 0 bridgehead atoms. The first kappa shape index (κ1) is 15.2. The molecule has 0 aromatic heterocycles. The summed E-state index contributed by atoms with van der Waals surface area (Å²) in [5.74, 6) is 0.750. The van der Waals surface area contributed by atoms with Crippen LogP contribution in [-0.2, 0) is 0 Å². The largest absolute Gasteiger partial charge is 0.493 e. The standard InChI is InChI=1S/C15H22N2O2S/c16-15(20)13-6-1-2-7-14(13)19-10-4-9-17-8-3-5-12(17)11-18/h1-2,6-7,12,18H,3-5,8-11H2,(H2,16,20). The molecule has 3 N–H and O–H groups in total. The molecule has 5 heteroatoms. The van der Waals surface area contributed by atoms with Crippen LogP contribution in [0.15, 0.2) is 24.3 Å². The van der Waals surface area contributed by atoms with Crippen molar-refractivity contribution in [3.05, 3.63) is 29.8 Å². The van der Waals surface area contributed by atoms with Crippen molar-refractivity contribution >= 4 is 17.2 Å². The molecule has 110 valence electrons. The van der Waals surface area contributed by atoms with Crippen LogP contribution in [0.2, 0.25) is 0 Å². The highest BCUT2D eigenvalue weighted by Gasteiger charge is 2.22. The lowest BCUT2D eigenvalue weighted by molar-refractivity contribution is 0.150. The van der Waals surface area contributed by atoms with Gasteiger partial charge < -0.3 is 15.6 Å². The first-order chi connectivity index (χ1) is 9.72. The van der Waals surface area contributed by atoms with E-state index in [1.807, 2.05) is 24.3 Å². The van der Waals surface area contributed by atoms with Crippen molar-refractivity contribution in [2.45, 2.75) is 25.3 Å². The Labute approximate surface area is 125 Å². The van der Waals surface area contributed by atoms with Crippen LogP contribution in [-0.4, -0.2) is 47.3 Å². The molecule has 0 radical (unpaired) electrons. The second kappa shape index (κ2) is 7.57. The second-order valence-corrected chi connectivity index (χ2v) is 5.52. The number of hydrogen-bond acceptors (Lipinski definition) is 4. The van der Waals surface area contributed by atoms with Gasteiger partial charge in [0.1, 0.15) is 10.7 Å². The fraction of sp³-hybridized carbons (Fsp3) is 0.533. The lowest BCUT2D eigenvalue weighted by Gasteiger charge is -2.22. The first-order valence-electron chi connectivity index (χ1n) is 7.09. The van der Waals surface area contributed by atoms with Crippen LogP contribution in [0.3, 0.4) is 0 Å². The quantitative estimate of drug-likeness (QED) is 0.590. The van der Waals surface area contributed by atoms with E-state index in [1.165, 1.54) is 6.42 Å². The highest BCUT2D eigenvalue weighted by Crippen LogP contribution is 2.19. The minimum Gasteiger partial charge on any atom is -0.493 e. The Hall–Kier alpha value is -1.17. The molecule has 20 heavy (non-hydrogen) atoms. The fourth-order valence-electron chi connectivity index (χ4n) is 2.64. The van der Waals surface area contributed by atoms with Gasteiger partial charge >= 0.3 is 0 Å². The molecule has 0 amide bonds. The van der Waals surface area contributed by atoms with Crippen molar-refractivity contribution in [3.8, 4) is 5.75 Å². The van der Waals surface area contributed by atoms with Gasteiger partial charge in [-0.05, 0) is 37.9 Å². The van der Waals surface area contributed by atoms with Gasteiger partial charge in [-0.15, -0.1) is 0 Å². The normalized spacial score (nSPS) is 19.1. The Morgan fingerprint density at radius 3 is 3.00 bits per heavy atom. The minimum atomic E-state index is 0.255. The summed E-state index contributed by atoms with van der Waals surface area (Å²) < 4.78 is 5.77. The summed E-state index contributed by atoms with van der Waals surface area (Å²) in [5.41, 5.74) is 6.46. The van der Waals surface area contributed by atoms with Gasteiger partial charge in [0.2, 0.25) is 0 Å². The van der Waals surface area contributed by atoms with Crippen LogP contribution in [0, 0.1) is 0 Å². The fourth-order valence-corrected chi connectivity index (χ4v) is 2.81. The highest BCUT2D eigenvalue weighted by atomic mass is 32.1. The van der Waals surface area contributed by atoms with E-state index in [4.69, 9.17) is 22.7 Å². The molecule has 0 aliphatic carbocycles. The van der Waals surface area contributed by atoms with Crippen LogP contribution in [0.5, 0.6) is 5.75 Å². The van der Waals surface area contributed by atoms with Crippen molar-refractivity contribution in [3.63, 3.8) is 0 Å². The third kappa shape index (κ3) is 3.91. The van der Waals surface area contributed by atoms with Gasteiger partial charge in [-0.1, -0.05) is 24.4 Å². The summed E-state index contributed by atoms with van der Waals surface area (Å²) in [6.07, 6.45) is 3.21. The molecule has 1 heterocycles. The van der Waals surface area contributed by atoms with E-state index < -0.39 is 0 Å². The lowest BCUT2D eigenvalue weighted by Crippen LogP contribution is -2.33. The smallest absolute Gasteiger partial charge is 0.129 e. The van der Waals surface area contributed by atoms with Crippen molar-refractivity contribution in [1.29, 1.82) is 0 Å². The summed E-state index contributed by atoms with van der Waals surface area (Å²) in [4.78, 5) is 2.70. The Balaban J connectivity index is 1.77. The van der Waals surface area contributed by atoms with Gasteiger partial charge in [-0.2, -0.15) is 0 Å². The van der Waals surface area contributed by atoms with E-state index in [0.29, 0.717) is 17.6 Å². The Kier molecular flexibility index (Phi) is 5.76. The molecule has 1 saturated heterocycles. The van der Waals surface area contributed by atoms with Crippen molar-refractivity contribution < 1.29 is 9.84 Å². The first-order valence-corrected chi connectivity index (χ1v) is 7.49. The monoisotopic (exact) mass is 294 g/mol. The highest BCUT2D eigenvalue weighted by molar-refractivity contribution is 7.80. The molecular formula is C15H22N2O2S. The van der Waals surface area contributed by atoms with Crippen LogP contribution in [0.4, 0.5) is 0 Å². The van der Waals surface area contributed by atoms with Crippen LogP contribution >= 0.6 is 12.2 Å². The van der Waals surface area contributed by atoms with E-state index in [-0.39, 0.29) is 6.61 Å². The molecule has 1 aliphatic heterocycles. The zero-order valence-electron chi connectivity index (χ0n) is 11.6. The number of aliphatic hydroxyl groups is 1. The summed E-state index contributed by atoms with van der Waals surface area (Å²) in [7, 11) is 0. The summed E-state index contributed by atoms with van der Waals surface area (Å²) >= 11 is 5.01. The van der Waals surface area contributed by atoms with Gasteiger partial charge in [-0.25, -0.2) is 0 Å². The number of nitrogens with zero attached hydrogens (tertiary/aromatic N) is 1. The Morgan fingerprint density at radius 1 is 1.45 bits per heavy atom. The summed E-state index contributed by atoms with van der Waals surface area (Å²) in [6.45, 7) is 2.93. The zero-order chi connectivity index (χ0) is 14.4. The predicted octanol–water partition coefficient (Wildman–Crippen LogP) is 1.55. The topological polar surface area (TPSA) is 58.7 Å². The van der Waals surface area contributed by atoms with Gasteiger partial charge in [0.05, 0.1) is 18.8 Å². The molecule has 1 fully saturated rings. The van der Waals surface area contributed by atoms with Crippen LogP contribution in [0.25, 0.3) is 0 Å². The average Bonchev–Trinajstić information content (AvgIpc) is 2.91. The second-order valence-electron chi connectivity index (χ2n) is 5.08. The lowest BCUT2D eigenvalue weighted by atomic mass is 10.2. The maximum Gasteiger partial charge on any atom is 0.129 e. The van der Waals surface area contributed by atoms with E-state index in [2.05, 4.69) is 4.90 Å². The number of rotatable bonds is 7. The third-order valence-corrected chi connectivity index (χ3v) is 3.93. The Bertz CT molecular complexity index is 453. The number of likely N-dealkylation sites (tertiary alicyclic amines) is 1. The number of benzene rings is 1.